The monoisotopic (exact) mass is 221 g/mol. The lowest BCUT2D eigenvalue weighted by molar-refractivity contribution is 0.0783. The Kier molecular flexibility index (Phi) is 2.99. The summed E-state index contributed by atoms with van der Waals surface area (Å²) in [6, 6.07) is 6.45. The first-order valence-electron chi connectivity index (χ1n) is 5.19. The highest BCUT2D eigenvalue weighted by Crippen LogP contribution is 2.16. The Morgan fingerprint density at radius 3 is 2.94 bits per heavy atom. The number of alkyl halides is 1. The predicted octanol–water partition coefficient (Wildman–Crippen LogP) is 1.68. The molecule has 84 valence electrons. The van der Waals surface area contributed by atoms with Crippen LogP contribution in [0.1, 0.15) is 27.1 Å². The van der Waals surface area contributed by atoms with E-state index in [0.29, 0.717) is 30.4 Å². The molecule has 2 rings (SSSR count). The van der Waals surface area contributed by atoms with Gasteiger partial charge in [-0.15, -0.1) is 0 Å². The number of likely N-dealkylation sites (tertiary alicyclic amines) is 1. The van der Waals surface area contributed by atoms with Crippen LogP contribution in [-0.2, 0) is 0 Å². The molecule has 1 aliphatic rings. The third kappa shape index (κ3) is 2.10. The van der Waals surface area contributed by atoms with Crippen LogP contribution in [0, 0.1) is 0 Å². The lowest BCUT2D eigenvalue weighted by Crippen LogP contribution is -2.28. The van der Waals surface area contributed by atoms with Crippen molar-refractivity contribution >= 4 is 12.2 Å². The van der Waals surface area contributed by atoms with Crippen molar-refractivity contribution in [1.29, 1.82) is 0 Å². The summed E-state index contributed by atoms with van der Waals surface area (Å²) in [7, 11) is 0. The summed E-state index contributed by atoms with van der Waals surface area (Å²) in [5.41, 5.74) is 0.903. The third-order valence-electron chi connectivity index (χ3n) is 2.69. The van der Waals surface area contributed by atoms with Crippen molar-refractivity contribution in [3.05, 3.63) is 35.4 Å². The summed E-state index contributed by atoms with van der Waals surface area (Å²) in [6.07, 6.45) is 0.177. The molecule has 0 saturated carbocycles. The van der Waals surface area contributed by atoms with Crippen molar-refractivity contribution in [3.63, 3.8) is 0 Å². The molecular weight excluding hydrogens is 209 g/mol. The van der Waals surface area contributed by atoms with Crippen molar-refractivity contribution in [2.24, 2.45) is 0 Å². The average Bonchev–Trinajstić information content (AvgIpc) is 2.75. The number of rotatable bonds is 2. The van der Waals surface area contributed by atoms with Crippen LogP contribution >= 0.6 is 0 Å². The van der Waals surface area contributed by atoms with Gasteiger partial charge in [0.1, 0.15) is 12.5 Å². The van der Waals surface area contributed by atoms with E-state index in [0.717, 1.165) is 0 Å². The van der Waals surface area contributed by atoms with E-state index in [9.17, 15) is 14.0 Å². The van der Waals surface area contributed by atoms with Gasteiger partial charge in [0.25, 0.3) is 5.91 Å². The Morgan fingerprint density at radius 2 is 2.31 bits per heavy atom. The predicted molar refractivity (Wildman–Crippen MR) is 57.2 cm³/mol. The number of hydrogen-bond acceptors (Lipinski definition) is 2. The summed E-state index contributed by atoms with van der Waals surface area (Å²) in [4.78, 5) is 24.0. The van der Waals surface area contributed by atoms with Gasteiger partial charge < -0.3 is 4.90 Å². The Hall–Kier alpha value is -1.71. The minimum absolute atomic E-state index is 0.157. The molecule has 0 bridgehead atoms. The summed E-state index contributed by atoms with van der Waals surface area (Å²) in [5, 5.41) is 0. The molecule has 3 nitrogen and oxygen atoms in total. The van der Waals surface area contributed by atoms with E-state index in [1.807, 2.05) is 0 Å². The molecule has 1 unspecified atom stereocenters. The van der Waals surface area contributed by atoms with Crippen LogP contribution in [0.25, 0.3) is 0 Å². The molecule has 4 heteroatoms. The molecule has 1 saturated heterocycles. The molecule has 0 N–H and O–H groups in total. The third-order valence-corrected chi connectivity index (χ3v) is 2.69. The van der Waals surface area contributed by atoms with Gasteiger partial charge in [0.05, 0.1) is 6.54 Å². The van der Waals surface area contributed by atoms with Crippen LogP contribution in [0.4, 0.5) is 4.39 Å². The van der Waals surface area contributed by atoms with Crippen LogP contribution in [-0.4, -0.2) is 36.4 Å². The second-order valence-electron chi connectivity index (χ2n) is 3.88. The Morgan fingerprint density at radius 1 is 1.50 bits per heavy atom. The smallest absolute Gasteiger partial charge is 0.253 e. The van der Waals surface area contributed by atoms with Crippen molar-refractivity contribution in [2.75, 3.05) is 13.1 Å². The fraction of sp³-hybridized carbons (Fsp3) is 0.333. The number of amides is 1. The van der Waals surface area contributed by atoms with Gasteiger partial charge in [-0.2, -0.15) is 0 Å². The van der Waals surface area contributed by atoms with E-state index < -0.39 is 6.17 Å². The van der Waals surface area contributed by atoms with Crippen LogP contribution in [0.15, 0.2) is 24.3 Å². The highest BCUT2D eigenvalue weighted by atomic mass is 19.1. The molecule has 0 aromatic heterocycles. The van der Waals surface area contributed by atoms with Gasteiger partial charge in [-0.25, -0.2) is 4.39 Å². The van der Waals surface area contributed by atoms with Gasteiger partial charge in [-0.05, 0) is 18.6 Å². The molecule has 1 amide bonds. The van der Waals surface area contributed by atoms with E-state index in [4.69, 9.17) is 0 Å². The molecular formula is C12H12FNO2. The summed E-state index contributed by atoms with van der Waals surface area (Å²) in [5.74, 6) is -0.205. The highest BCUT2D eigenvalue weighted by Gasteiger charge is 2.26. The minimum Gasteiger partial charge on any atom is -0.336 e. The average molecular weight is 221 g/mol. The van der Waals surface area contributed by atoms with Crippen LogP contribution in [0.3, 0.4) is 0 Å². The van der Waals surface area contributed by atoms with Crippen molar-refractivity contribution in [1.82, 2.24) is 4.90 Å². The minimum atomic E-state index is -0.918. The molecule has 1 aromatic carbocycles. The first-order valence-corrected chi connectivity index (χ1v) is 5.19. The summed E-state index contributed by atoms with van der Waals surface area (Å²) in [6.45, 7) is 0.607. The second-order valence-corrected chi connectivity index (χ2v) is 3.88. The zero-order chi connectivity index (χ0) is 11.5. The topological polar surface area (TPSA) is 37.4 Å². The van der Waals surface area contributed by atoms with E-state index in [-0.39, 0.29) is 12.5 Å². The maximum atomic E-state index is 12.9. The van der Waals surface area contributed by atoms with Crippen molar-refractivity contribution in [2.45, 2.75) is 12.6 Å². The number of carbonyl (C=O) groups is 2. The molecule has 1 atom stereocenters. The Balaban J connectivity index is 2.17. The number of carbonyl (C=O) groups excluding carboxylic acids is 2. The zero-order valence-corrected chi connectivity index (χ0v) is 8.73. The van der Waals surface area contributed by atoms with E-state index in [1.165, 1.54) is 11.0 Å². The van der Waals surface area contributed by atoms with Gasteiger partial charge in [0.15, 0.2) is 0 Å². The lowest BCUT2D eigenvalue weighted by Gasteiger charge is -2.15. The van der Waals surface area contributed by atoms with Gasteiger partial charge in [-0.3, -0.25) is 9.59 Å². The first kappa shape index (κ1) is 10.8. The maximum absolute atomic E-state index is 12.9. The quantitative estimate of drug-likeness (QED) is 0.712. The summed E-state index contributed by atoms with van der Waals surface area (Å²) < 4.78 is 12.9. The van der Waals surface area contributed by atoms with E-state index >= 15 is 0 Å². The standard InChI is InChI=1S/C12H12FNO2/c13-11-4-5-14(7-11)12(16)10-3-1-2-9(6-10)8-15/h1-3,6,8,11H,4-5,7H2. The molecule has 0 radical (unpaired) electrons. The molecule has 1 fully saturated rings. The largest absolute Gasteiger partial charge is 0.336 e. The number of halogens is 1. The molecule has 1 aromatic rings. The van der Waals surface area contributed by atoms with Gasteiger partial charge in [-0.1, -0.05) is 12.1 Å². The number of benzene rings is 1. The fourth-order valence-corrected chi connectivity index (χ4v) is 1.83. The van der Waals surface area contributed by atoms with Gasteiger partial charge in [0, 0.05) is 17.7 Å². The first-order chi connectivity index (χ1) is 7.70. The molecule has 1 aliphatic heterocycles. The molecule has 0 aliphatic carbocycles. The normalized spacial score (nSPS) is 19.8. The molecule has 1 heterocycles. The number of hydrogen-bond donors (Lipinski definition) is 0. The SMILES string of the molecule is O=Cc1cccc(C(=O)N2CCC(F)C2)c1. The van der Waals surface area contributed by atoms with Gasteiger partial charge in [0.2, 0.25) is 0 Å². The number of aldehydes is 1. The maximum Gasteiger partial charge on any atom is 0.253 e. The van der Waals surface area contributed by atoms with Gasteiger partial charge >= 0.3 is 0 Å². The van der Waals surface area contributed by atoms with Crippen molar-refractivity contribution < 1.29 is 14.0 Å². The fourth-order valence-electron chi connectivity index (χ4n) is 1.83. The zero-order valence-electron chi connectivity index (χ0n) is 8.73. The number of nitrogens with zero attached hydrogens (tertiary/aromatic N) is 1. The van der Waals surface area contributed by atoms with E-state index in [1.54, 1.807) is 18.2 Å². The van der Waals surface area contributed by atoms with Crippen LogP contribution in [0.5, 0.6) is 0 Å². The molecule has 16 heavy (non-hydrogen) atoms. The van der Waals surface area contributed by atoms with Crippen molar-refractivity contribution in [3.8, 4) is 0 Å². The second kappa shape index (κ2) is 4.43. The Labute approximate surface area is 92.9 Å². The van der Waals surface area contributed by atoms with Crippen LogP contribution < -0.4 is 0 Å². The van der Waals surface area contributed by atoms with Crippen LogP contribution in [0.2, 0.25) is 0 Å². The van der Waals surface area contributed by atoms with E-state index in [2.05, 4.69) is 0 Å². The Bertz CT molecular complexity index is 419. The lowest BCUT2D eigenvalue weighted by atomic mass is 10.1. The highest BCUT2D eigenvalue weighted by molar-refractivity contribution is 5.95. The molecule has 0 spiro atoms. The summed E-state index contributed by atoms with van der Waals surface area (Å²) >= 11 is 0.